The van der Waals surface area contributed by atoms with Gasteiger partial charge in [0.25, 0.3) is 0 Å². The summed E-state index contributed by atoms with van der Waals surface area (Å²) in [6.07, 6.45) is -7.60. The zero-order valence-corrected chi connectivity index (χ0v) is 37.9. The second-order valence-electron chi connectivity index (χ2n) is 18.2. The lowest BCUT2D eigenvalue weighted by molar-refractivity contribution is -0.300. The number of aliphatic hydroxyl groups excluding tert-OH is 2. The number of aliphatic hydroxyl groups is 5. The van der Waals surface area contributed by atoms with Crippen LogP contribution < -0.4 is 11.1 Å². The molecule has 15 nitrogen and oxygen atoms in total. The van der Waals surface area contributed by atoms with Crippen LogP contribution in [-0.4, -0.2) is 160 Å². The molecule has 0 aromatic rings. The average Bonchev–Trinajstić information content (AvgIpc) is 3.15. The van der Waals surface area contributed by atoms with Gasteiger partial charge in [-0.15, -0.1) is 0 Å². The molecule has 17 atom stereocenters. The van der Waals surface area contributed by atoms with E-state index in [4.69, 9.17) is 34.2 Å². The second kappa shape index (κ2) is 21.7. The van der Waals surface area contributed by atoms with E-state index in [1.807, 2.05) is 48.5 Å². The highest BCUT2D eigenvalue weighted by atomic mass is 16.7. The van der Waals surface area contributed by atoms with Gasteiger partial charge in [0.15, 0.2) is 12.6 Å². The molecule has 2 heterocycles. The third-order valence-corrected chi connectivity index (χ3v) is 13.2. The summed E-state index contributed by atoms with van der Waals surface area (Å²) in [4.78, 5) is 16.5. The molecule has 15 heteroatoms. The quantitative estimate of drug-likeness (QED) is 0.0934. The number of nitrogens with one attached hydrogen (secondary N) is 1. The Morgan fingerprint density at radius 2 is 1.65 bits per heavy atom. The largest absolute Gasteiger partial charge is 0.459 e. The van der Waals surface area contributed by atoms with E-state index in [2.05, 4.69) is 10.2 Å². The molecule has 1 unspecified atom stereocenters. The number of nitrogens with zero attached hydrogens (tertiary/aromatic N) is 1. The van der Waals surface area contributed by atoms with Crippen LogP contribution in [-0.2, 0) is 33.2 Å². The maximum Gasteiger partial charge on any atom is 0.311 e. The molecular weight excluding hydrogens is 738 g/mol. The summed E-state index contributed by atoms with van der Waals surface area (Å²) in [5.41, 5.74) is 0.292. The highest BCUT2D eigenvalue weighted by Gasteiger charge is 2.54. The molecule has 2 rings (SSSR count). The van der Waals surface area contributed by atoms with Crippen LogP contribution in [0.25, 0.3) is 0 Å². The first-order chi connectivity index (χ1) is 26.3. The van der Waals surface area contributed by atoms with Gasteiger partial charge in [-0.25, -0.2) is 0 Å². The van der Waals surface area contributed by atoms with Crippen LogP contribution in [0.15, 0.2) is 0 Å². The lowest BCUT2D eigenvalue weighted by Gasteiger charge is -2.50. The molecule has 0 aromatic carbocycles. The Kier molecular flexibility index (Phi) is 19.8. The van der Waals surface area contributed by atoms with Crippen molar-refractivity contribution in [1.82, 2.24) is 10.2 Å². The zero-order valence-electron chi connectivity index (χ0n) is 37.9. The highest BCUT2D eigenvalue weighted by Crippen LogP contribution is 2.41. The fraction of sp³-hybridized carbons (Fsp3) is 0.976. The minimum absolute atomic E-state index is 0.0387. The van der Waals surface area contributed by atoms with Crippen molar-refractivity contribution in [3.8, 4) is 0 Å². The molecule has 0 radical (unpaired) electrons. The third kappa shape index (κ3) is 12.5. The Balaban J connectivity index is 2.80. The number of hydrogen-bond acceptors (Lipinski definition) is 15. The lowest BCUT2D eigenvalue weighted by Crippen LogP contribution is -2.64. The Bertz CT molecular complexity index is 1210. The van der Waals surface area contributed by atoms with Crippen molar-refractivity contribution in [2.24, 2.45) is 29.4 Å². The number of hydrogen-bond donors (Lipinski definition) is 7. The van der Waals surface area contributed by atoms with Gasteiger partial charge in [0.2, 0.25) is 0 Å². The molecule has 2 saturated heterocycles. The summed E-state index contributed by atoms with van der Waals surface area (Å²) in [6, 6.07) is -0.971. The SMILES string of the molecule is CC[C@@H]1OC(=O)[C@H](C)[C@H](OC(C[C@@](C)(OC)[C@](O)(CN(CC)CC)C(C)C)OC)[C@@H](C)[C@@H](O[C@@H]2O[C@H](C)C[C@H](N)[C@H]2O)[C@](C)(O)C[C@@H](C)NC[C@@H](C)[C@H](O)[C@]1(C)O. The number of carbonyl (C=O) groups excluding carboxylic acids is 1. The van der Waals surface area contributed by atoms with Gasteiger partial charge in [-0.1, -0.05) is 48.5 Å². The summed E-state index contributed by atoms with van der Waals surface area (Å²) in [5.74, 6) is -3.32. The monoisotopic (exact) mass is 822 g/mol. The third-order valence-electron chi connectivity index (χ3n) is 13.2. The molecular formula is C42H83N3O12. The zero-order chi connectivity index (χ0) is 43.8. The van der Waals surface area contributed by atoms with Crippen molar-refractivity contribution in [2.75, 3.05) is 40.4 Å². The van der Waals surface area contributed by atoms with Crippen LogP contribution >= 0.6 is 0 Å². The molecule has 2 fully saturated rings. The summed E-state index contributed by atoms with van der Waals surface area (Å²) in [6.45, 7) is 25.6. The molecule has 2 aliphatic rings. The van der Waals surface area contributed by atoms with Crippen molar-refractivity contribution < 1.29 is 58.7 Å². The van der Waals surface area contributed by atoms with Gasteiger partial charge in [0, 0.05) is 51.7 Å². The summed E-state index contributed by atoms with van der Waals surface area (Å²) < 4.78 is 37.7. The summed E-state index contributed by atoms with van der Waals surface area (Å²) in [7, 11) is 3.01. The molecule has 0 bridgehead atoms. The van der Waals surface area contributed by atoms with Crippen LogP contribution in [0.4, 0.5) is 0 Å². The standard InChI is InChI=1S/C42H83N3O12/c1-16-31-41(13,50)35(47)25(6)22-44-26(7)20-39(11,49)36(57-38-33(46)30(43)19-27(8)54-38)28(9)34(29(10)37(48)55-31)56-32(52-14)21-40(12,53-15)42(51,24(4)5)23-45(17-2)18-3/h24-36,38,44,46-47,49-51H,16-23,43H2,1-15H3/t25-,26-,27-,28-,29-,30+,31+,32?,33-,34-,35+,36-,38+,39-,40-,41-,42+/m1/s1. The number of methoxy groups -OCH3 is 2. The number of cyclic esters (lactones) is 1. The van der Waals surface area contributed by atoms with Crippen LogP contribution in [0.5, 0.6) is 0 Å². The van der Waals surface area contributed by atoms with E-state index in [1.165, 1.54) is 14.0 Å². The Morgan fingerprint density at radius 3 is 2.16 bits per heavy atom. The van der Waals surface area contributed by atoms with Gasteiger partial charge in [0.1, 0.15) is 23.4 Å². The predicted molar refractivity (Wildman–Crippen MR) is 218 cm³/mol. The first kappa shape index (κ1) is 52.1. The maximum absolute atomic E-state index is 14.3. The van der Waals surface area contributed by atoms with Crippen molar-refractivity contribution in [1.29, 1.82) is 0 Å². The van der Waals surface area contributed by atoms with Gasteiger partial charge >= 0.3 is 5.97 Å². The van der Waals surface area contributed by atoms with E-state index >= 15 is 0 Å². The van der Waals surface area contributed by atoms with E-state index < -0.39 is 95.3 Å². The number of esters is 1. The molecule has 0 spiro atoms. The van der Waals surface area contributed by atoms with E-state index in [9.17, 15) is 30.3 Å². The molecule has 0 aliphatic carbocycles. The molecule has 57 heavy (non-hydrogen) atoms. The van der Waals surface area contributed by atoms with Crippen LogP contribution in [0.3, 0.4) is 0 Å². The van der Waals surface area contributed by atoms with E-state index in [1.54, 1.807) is 41.7 Å². The van der Waals surface area contributed by atoms with E-state index in [0.29, 0.717) is 13.0 Å². The van der Waals surface area contributed by atoms with Crippen LogP contribution in [0, 0.1) is 23.7 Å². The van der Waals surface area contributed by atoms with Crippen molar-refractivity contribution in [3.05, 3.63) is 0 Å². The predicted octanol–water partition coefficient (Wildman–Crippen LogP) is 2.55. The minimum atomic E-state index is -1.81. The average molecular weight is 822 g/mol. The molecule has 0 saturated carbocycles. The molecule has 2 aliphatic heterocycles. The number of ether oxygens (including phenoxy) is 6. The first-order valence-electron chi connectivity index (χ1n) is 21.3. The summed E-state index contributed by atoms with van der Waals surface area (Å²) >= 11 is 0. The Labute approximate surface area is 343 Å². The van der Waals surface area contributed by atoms with Crippen LogP contribution in [0.1, 0.15) is 116 Å². The normalized spacial score (nSPS) is 40.8. The van der Waals surface area contributed by atoms with E-state index in [0.717, 1.165) is 13.1 Å². The fourth-order valence-corrected chi connectivity index (χ4v) is 8.99. The topological polar surface area (TPSA) is 215 Å². The second-order valence-corrected chi connectivity index (χ2v) is 18.2. The van der Waals surface area contributed by atoms with Gasteiger partial charge in [-0.3, -0.25) is 4.79 Å². The Hall–Kier alpha value is -1.05. The van der Waals surface area contributed by atoms with Crippen molar-refractivity contribution >= 4 is 5.97 Å². The van der Waals surface area contributed by atoms with Crippen molar-refractivity contribution in [3.63, 3.8) is 0 Å². The van der Waals surface area contributed by atoms with Gasteiger partial charge in [-0.05, 0) is 85.7 Å². The highest BCUT2D eigenvalue weighted by molar-refractivity contribution is 5.73. The molecule has 8 N–H and O–H groups in total. The lowest BCUT2D eigenvalue weighted by atomic mass is 9.73. The fourth-order valence-electron chi connectivity index (χ4n) is 8.99. The van der Waals surface area contributed by atoms with Gasteiger partial charge in [-0.2, -0.15) is 0 Å². The molecule has 0 amide bonds. The number of carbonyl (C=O) groups is 1. The maximum atomic E-state index is 14.3. The molecule has 0 aromatic heterocycles. The van der Waals surface area contributed by atoms with Gasteiger partial charge < -0.3 is 69.9 Å². The van der Waals surface area contributed by atoms with Crippen molar-refractivity contribution in [2.45, 2.75) is 199 Å². The van der Waals surface area contributed by atoms with Crippen LogP contribution in [0.2, 0.25) is 0 Å². The number of likely N-dealkylation sites (N-methyl/N-ethyl adjacent to an activating group) is 1. The smallest absolute Gasteiger partial charge is 0.311 e. The minimum Gasteiger partial charge on any atom is -0.459 e. The molecule has 338 valence electrons. The van der Waals surface area contributed by atoms with Gasteiger partial charge in [0.05, 0.1) is 41.5 Å². The summed E-state index contributed by atoms with van der Waals surface area (Å²) in [5, 5.41) is 62.6. The number of nitrogens with two attached hydrogens (primary N) is 1. The van der Waals surface area contributed by atoms with E-state index in [-0.39, 0.29) is 43.9 Å². The first-order valence-corrected chi connectivity index (χ1v) is 21.3. The number of rotatable bonds is 15. The Morgan fingerprint density at radius 1 is 1.05 bits per heavy atom.